The van der Waals surface area contributed by atoms with Crippen molar-refractivity contribution in [2.75, 3.05) is 11.9 Å². The first-order chi connectivity index (χ1) is 8.19. The normalized spacial score (nSPS) is 24.6. The second-order valence-corrected chi connectivity index (χ2v) is 6.30. The maximum absolute atomic E-state index is 9.10. The van der Waals surface area contributed by atoms with Crippen molar-refractivity contribution >= 4 is 37.7 Å². The van der Waals surface area contributed by atoms with E-state index in [0.717, 1.165) is 40.4 Å². The number of aliphatic hydroxyl groups excluding tert-OH is 1. The third-order valence-electron chi connectivity index (χ3n) is 3.25. The van der Waals surface area contributed by atoms with Crippen molar-refractivity contribution in [2.45, 2.75) is 31.7 Å². The van der Waals surface area contributed by atoms with Crippen LogP contribution in [0.25, 0.3) is 0 Å². The molecule has 1 aromatic heterocycles. The van der Waals surface area contributed by atoms with Gasteiger partial charge in [0.15, 0.2) is 0 Å². The van der Waals surface area contributed by atoms with Gasteiger partial charge >= 0.3 is 0 Å². The minimum Gasteiger partial charge on any atom is -0.396 e. The summed E-state index contributed by atoms with van der Waals surface area (Å²) in [6, 6.07) is 2.47. The summed E-state index contributed by atoms with van der Waals surface area (Å²) >= 11 is 6.90. The smallest absolute Gasteiger partial charge is 0.140 e. The maximum atomic E-state index is 9.10. The standard InChI is InChI=1S/C12H16Br2N2O/c13-9-5-11(14)12(15-6-9)16-10-3-1-8(7-17)2-4-10/h5-6,8,10,17H,1-4,7H2,(H,15,16). The van der Waals surface area contributed by atoms with E-state index in [4.69, 9.17) is 5.11 Å². The summed E-state index contributed by atoms with van der Waals surface area (Å²) in [4.78, 5) is 4.36. The molecule has 0 bridgehead atoms. The van der Waals surface area contributed by atoms with Crippen molar-refractivity contribution in [3.05, 3.63) is 21.2 Å². The maximum Gasteiger partial charge on any atom is 0.140 e. The third kappa shape index (κ3) is 3.66. The summed E-state index contributed by atoms with van der Waals surface area (Å²) in [5.74, 6) is 1.40. The number of nitrogens with zero attached hydrogens (tertiary/aromatic N) is 1. The summed E-state index contributed by atoms with van der Waals surface area (Å²) in [6.45, 7) is 0.326. The molecule has 1 aliphatic rings. The van der Waals surface area contributed by atoms with Crippen molar-refractivity contribution in [1.29, 1.82) is 0 Å². The van der Waals surface area contributed by atoms with Gasteiger partial charge in [0.05, 0.1) is 4.47 Å². The molecule has 0 spiro atoms. The molecule has 0 atom stereocenters. The molecule has 17 heavy (non-hydrogen) atoms. The molecular weight excluding hydrogens is 348 g/mol. The number of hydrogen-bond acceptors (Lipinski definition) is 3. The van der Waals surface area contributed by atoms with E-state index in [1.165, 1.54) is 0 Å². The van der Waals surface area contributed by atoms with Crippen LogP contribution in [-0.2, 0) is 0 Å². The molecule has 0 amide bonds. The third-order valence-corrected chi connectivity index (χ3v) is 4.29. The van der Waals surface area contributed by atoms with Gasteiger partial charge in [0.1, 0.15) is 5.82 Å². The molecule has 2 N–H and O–H groups in total. The predicted octanol–water partition coefficient (Wildman–Crippen LogP) is 3.57. The molecule has 0 radical (unpaired) electrons. The second-order valence-electron chi connectivity index (χ2n) is 4.53. The first-order valence-electron chi connectivity index (χ1n) is 5.87. The Morgan fingerprint density at radius 1 is 1.29 bits per heavy atom. The number of nitrogens with one attached hydrogen (secondary N) is 1. The fraction of sp³-hybridized carbons (Fsp3) is 0.583. The van der Waals surface area contributed by atoms with E-state index < -0.39 is 0 Å². The molecule has 1 aliphatic carbocycles. The molecule has 3 nitrogen and oxygen atoms in total. The van der Waals surface area contributed by atoms with Crippen molar-refractivity contribution in [2.24, 2.45) is 5.92 Å². The van der Waals surface area contributed by atoms with Crippen molar-refractivity contribution in [3.8, 4) is 0 Å². The molecule has 1 saturated carbocycles. The molecule has 0 saturated heterocycles. The summed E-state index contributed by atoms with van der Waals surface area (Å²) in [5.41, 5.74) is 0. The first-order valence-corrected chi connectivity index (χ1v) is 7.46. The zero-order chi connectivity index (χ0) is 12.3. The lowest BCUT2D eigenvalue weighted by Crippen LogP contribution is -2.27. The molecule has 0 aliphatic heterocycles. The van der Waals surface area contributed by atoms with Gasteiger partial charge in [0.25, 0.3) is 0 Å². The van der Waals surface area contributed by atoms with Gasteiger partial charge < -0.3 is 10.4 Å². The first kappa shape index (κ1) is 13.3. The molecule has 5 heteroatoms. The van der Waals surface area contributed by atoms with Crippen LogP contribution in [0.15, 0.2) is 21.2 Å². The van der Waals surface area contributed by atoms with Crippen LogP contribution in [0.1, 0.15) is 25.7 Å². The minimum atomic E-state index is 0.326. The van der Waals surface area contributed by atoms with Gasteiger partial charge in [0.2, 0.25) is 0 Å². The highest BCUT2D eigenvalue weighted by molar-refractivity contribution is 9.11. The summed E-state index contributed by atoms with van der Waals surface area (Å²) in [7, 11) is 0. The molecule has 2 rings (SSSR count). The van der Waals surface area contributed by atoms with Crippen LogP contribution in [0.3, 0.4) is 0 Å². The van der Waals surface area contributed by atoms with Gasteiger partial charge in [-0.3, -0.25) is 0 Å². The van der Waals surface area contributed by atoms with E-state index in [2.05, 4.69) is 42.2 Å². The van der Waals surface area contributed by atoms with E-state index in [1.54, 1.807) is 6.20 Å². The number of rotatable bonds is 3. The molecule has 1 fully saturated rings. The molecule has 94 valence electrons. The Morgan fingerprint density at radius 2 is 2.00 bits per heavy atom. The highest BCUT2D eigenvalue weighted by Crippen LogP contribution is 2.29. The average molecular weight is 364 g/mol. The quantitative estimate of drug-likeness (QED) is 0.862. The van der Waals surface area contributed by atoms with E-state index >= 15 is 0 Å². The van der Waals surface area contributed by atoms with E-state index in [9.17, 15) is 0 Å². The van der Waals surface area contributed by atoms with Crippen LogP contribution < -0.4 is 5.32 Å². The molecule has 0 aromatic carbocycles. The summed E-state index contributed by atoms with van der Waals surface area (Å²) in [6.07, 6.45) is 6.21. The van der Waals surface area contributed by atoms with Crippen LogP contribution in [0.5, 0.6) is 0 Å². The van der Waals surface area contributed by atoms with Crippen LogP contribution in [0.4, 0.5) is 5.82 Å². The van der Waals surface area contributed by atoms with Gasteiger partial charge in [-0.1, -0.05) is 0 Å². The zero-order valence-electron chi connectivity index (χ0n) is 9.50. The Hall–Kier alpha value is -0.130. The van der Waals surface area contributed by atoms with Crippen LogP contribution in [0, 0.1) is 5.92 Å². The lowest BCUT2D eigenvalue weighted by molar-refractivity contribution is 0.185. The Bertz CT molecular complexity index is 379. The van der Waals surface area contributed by atoms with Crippen LogP contribution in [0.2, 0.25) is 0 Å². The Kier molecular flexibility index (Phi) is 4.82. The van der Waals surface area contributed by atoms with Crippen molar-refractivity contribution in [1.82, 2.24) is 4.98 Å². The van der Waals surface area contributed by atoms with Gasteiger partial charge in [-0.2, -0.15) is 0 Å². The SMILES string of the molecule is OCC1CCC(Nc2ncc(Br)cc2Br)CC1. The number of hydrogen-bond donors (Lipinski definition) is 2. The van der Waals surface area contributed by atoms with E-state index in [-0.39, 0.29) is 0 Å². The number of aromatic nitrogens is 1. The van der Waals surface area contributed by atoms with E-state index in [0.29, 0.717) is 18.6 Å². The summed E-state index contributed by atoms with van der Waals surface area (Å²) in [5, 5.41) is 12.6. The topological polar surface area (TPSA) is 45.1 Å². The Morgan fingerprint density at radius 3 is 2.59 bits per heavy atom. The highest BCUT2D eigenvalue weighted by atomic mass is 79.9. The molecule has 1 heterocycles. The van der Waals surface area contributed by atoms with Gasteiger partial charge in [-0.05, 0) is 69.5 Å². The minimum absolute atomic E-state index is 0.326. The largest absolute Gasteiger partial charge is 0.396 e. The molecular formula is C12H16Br2N2O. The fourth-order valence-corrected chi connectivity index (χ4v) is 3.31. The highest BCUT2D eigenvalue weighted by Gasteiger charge is 2.21. The van der Waals surface area contributed by atoms with Crippen molar-refractivity contribution < 1.29 is 5.11 Å². The second kappa shape index (κ2) is 6.16. The predicted molar refractivity (Wildman–Crippen MR) is 76.1 cm³/mol. The lowest BCUT2D eigenvalue weighted by Gasteiger charge is -2.28. The Balaban J connectivity index is 1.93. The van der Waals surface area contributed by atoms with Crippen LogP contribution in [-0.4, -0.2) is 22.7 Å². The number of pyridine rings is 1. The van der Waals surface area contributed by atoms with E-state index in [1.807, 2.05) is 6.07 Å². The number of anilines is 1. The monoisotopic (exact) mass is 362 g/mol. The summed E-state index contributed by atoms with van der Waals surface area (Å²) < 4.78 is 1.95. The fourth-order valence-electron chi connectivity index (χ4n) is 2.20. The average Bonchev–Trinajstić information content (AvgIpc) is 2.34. The number of halogens is 2. The lowest BCUT2D eigenvalue weighted by atomic mass is 9.86. The zero-order valence-corrected chi connectivity index (χ0v) is 12.7. The molecule has 0 unspecified atom stereocenters. The van der Waals surface area contributed by atoms with Crippen LogP contribution >= 0.6 is 31.9 Å². The number of aliphatic hydroxyl groups is 1. The van der Waals surface area contributed by atoms with Crippen molar-refractivity contribution in [3.63, 3.8) is 0 Å². The van der Waals surface area contributed by atoms with Gasteiger partial charge in [0, 0.05) is 23.3 Å². The molecule has 1 aromatic rings. The van der Waals surface area contributed by atoms with Gasteiger partial charge in [-0.25, -0.2) is 4.98 Å². The Labute approximate surface area is 118 Å². The van der Waals surface area contributed by atoms with Gasteiger partial charge in [-0.15, -0.1) is 0 Å².